The third-order valence-electron chi connectivity index (χ3n) is 3.16. The van der Waals surface area contributed by atoms with Crippen LogP contribution in [0.3, 0.4) is 0 Å². The van der Waals surface area contributed by atoms with E-state index in [1.807, 2.05) is 0 Å². The second-order valence-electron chi connectivity index (χ2n) is 4.76. The molecular weight excluding hydrogens is 320 g/mol. The Morgan fingerprint density at radius 3 is 2.68 bits per heavy atom. The first-order valence-corrected chi connectivity index (χ1v) is 8.07. The van der Waals surface area contributed by atoms with Crippen LogP contribution in [0.1, 0.15) is 6.23 Å². The predicted molar refractivity (Wildman–Crippen MR) is 72.8 cm³/mol. The van der Waals surface area contributed by atoms with Gasteiger partial charge < -0.3 is 14.6 Å². The Morgan fingerprint density at radius 2 is 2.14 bits per heavy atom. The highest BCUT2D eigenvalue weighted by Crippen LogP contribution is 2.30. The van der Waals surface area contributed by atoms with E-state index in [1.165, 1.54) is 13.3 Å². The van der Waals surface area contributed by atoms with Crippen LogP contribution < -0.4 is 11.2 Å². The van der Waals surface area contributed by atoms with Crippen LogP contribution in [-0.4, -0.2) is 61.4 Å². The zero-order valence-corrected chi connectivity index (χ0v) is 12.6. The van der Waals surface area contributed by atoms with Crippen molar-refractivity contribution in [3.63, 3.8) is 0 Å². The molecule has 1 fully saturated rings. The summed E-state index contributed by atoms with van der Waals surface area (Å²) in [5.74, 6) is 0. The zero-order chi connectivity index (χ0) is 16.5. The van der Waals surface area contributed by atoms with E-state index in [0.29, 0.717) is 0 Å². The van der Waals surface area contributed by atoms with Crippen LogP contribution in [0.15, 0.2) is 21.9 Å². The van der Waals surface area contributed by atoms with Gasteiger partial charge in [0.1, 0.15) is 18.3 Å². The van der Waals surface area contributed by atoms with Gasteiger partial charge in [0, 0.05) is 19.4 Å². The quantitative estimate of drug-likeness (QED) is 0.577. The van der Waals surface area contributed by atoms with E-state index in [4.69, 9.17) is 9.47 Å². The molecule has 2 rings (SSSR count). The Labute approximate surface area is 125 Å². The molecule has 1 saturated heterocycles. The summed E-state index contributed by atoms with van der Waals surface area (Å²) in [5, 5.41) is 10.1. The van der Waals surface area contributed by atoms with Crippen LogP contribution in [0, 0.1) is 0 Å². The third kappa shape index (κ3) is 3.62. The van der Waals surface area contributed by atoms with E-state index >= 15 is 0 Å². The van der Waals surface area contributed by atoms with Crippen LogP contribution in [0.25, 0.3) is 0 Å². The van der Waals surface area contributed by atoms with Gasteiger partial charge in [-0.1, -0.05) is 0 Å². The van der Waals surface area contributed by atoms with Gasteiger partial charge in [0.25, 0.3) is 15.7 Å². The minimum Gasteiger partial charge on any atom is -0.387 e. The van der Waals surface area contributed by atoms with Gasteiger partial charge in [-0.25, -0.2) is 4.79 Å². The van der Waals surface area contributed by atoms with Gasteiger partial charge in [-0.3, -0.25) is 18.5 Å². The molecule has 2 heterocycles. The lowest BCUT2D eigenvalue weighted by Crippen LogP contribution is -2.38. The first kappa shape index (κ1) is 16.8. The monoisotopic (exact) mass is 336 g/mol. The lowest BCUT2D eigenvalue weighted by Gasteiger charge is -2.19. The molecule has 124 valence electrons. The van der Waals surface area contributed by atoms with Crippen molar-refractivity contribution in [1.29, 1.82) is 0 Å². The van der Waals surface area contributed by atoms with Gasteiger partial charge >= 0.3 is 5.69 Å². The van der Waals surface area contributed by atoms with Crippen LogP contribution in [0.4, 0.5) is 0 Å². The average molecular weight is 336 g/mol. The molecule has 2 N–H and O–H groups in total. The molecule has 0 aromatic carbocycles. The largest absolute Gasteiger partial charge is 0.387 e. The minimum atomic E-state index is -3.70. The van der Waals surface area contributed by atoms with Gasteiger partial charge in [-0.05, 0) is 0 Å². The number of nitrogens with zero attached hydrogens (tertiary/aromatic N) is 1. The lowest BCUT2D eigenvalue weighted by molar-refractivity contribution is -0.0599. The molecule has 1 aliphatic rings. The molecule has 22 heavy (non-hydrogen) atoms. The minimum absolute atomic E-state index is 0.422. The van der Waals surface area contributed by atoms with Gasteiger partial charge in [-0.2, -0.15) is 8.42 Å². The number of hydrogen-bond acceptors (Lipinski definition) is 8. The fourth-order valence-corrected chi connectivity index (χ4v) is 2.53. The maximum absolute atomic E-state index is 11.8. The number of aromatic amines is 1. The first-order chi connectivity index (χ1) is 10.2. The highest BCUT2D eigenvalue weighted by Gasteiger charge is 2.45. The predicted octanol–water partition coefficient (Wildman–Crippen LogP) is -2.21. The molecule has 1 aromatic rings. The molecule has 0 bridgehead atoms. The summed E-state index contributed by atoms with van der Waals surface area (Å²) in [6.07, 6.45) is -2.12. The molecular formula is C11H16N2O8S. The summed E-state index contributed by atoms with van der Waals surface area (Å²) in [5.41, 5.74) is -1.32. The normalized spacial score (nSPS) is 28.9. The number of aliphatic hydroxyl groups excluding tert-OH is 1. The maximum atomic E-state index is 11.8. The smallest absolute Gasteiger partial charge is 0.330 e. The Balaban J connectivity index is 2.25. The number of ether oxygens (including phenoxy) is 2. The Hall–Kier alpha value is -1.53. The fourth-order valence-electron chi connectivity index (χ4n) is 2.15. The standard InChI is InChI=1S/C11H16N2O8S/c1-19-9-8(15)6(5-20-22(2,17)18)21-10(9)13-4-3-7(14)12-11(13)16/h3-4,6,8-10,15H,5H2,1-2H3,(H,12,14,16)/t6-,8-,9-,10-/m1/s1. The molecule has 0 saturated carbocycles. The zero-order valence-electron chi connectivity index (χ0n) is 11.8. The number of methoxy groups -OCH3 is 1. The summed E-state index contributed by atoms with van der Waals surface area (Å²) >= 11 is 0. The first-order valence-electron chi connectivity index (χ1n) is 6.25. The summed E-state index contributed by atoms with van der Waals surface area (Å²) in [6.45, 7) is -0.422. The highest BCUT2D eigenvalue weighted by atomic mass is 32.2. The van der Waals surface area contributed by atoms with Crippen LogP contribution in [0.2, 0.25) is 0 Å². The van der Waals surface area contributed by atoms with Crippen molar-refractivity contribution in [3.8, 4) is 0 Å². The van der Waals surface area contributed by atoms with Gasteiger partial charge in [0.15, 0.2) is 6.23 Å². The molecule has 0 amide bonds. The van der Waals surface area contributed by atoms with E-state index in [0.717, 1.165) is 16.9 Å². The number of H-pyrrole nitrogens is 1. The van der Waals surface area contributed by atoms with Gasteiger partial charge in [0.05, 0.1) is 12.9 Å². The van der Waals surface area contributed by atoms with E-state index in [9.17, 15) is 23.1 Å². The molecule has 1 aliphatic heterocycles. The van der Waals surface area contributed by atoms with Crippen molar-refractivity contribution < 1.29 is 27.2 Å². The number of rotatable bonds is 5. The highest BCUT2D eigenvalue weighted by molar-refractivity contribution is 7.85. The van der Waals surface area contributed by atoms with Gasteiger partial charge in [0.2, 0.25) is 0 Å². The van der Waals surface area contributed by atoms with Crippen molar-refractivity contribution in [2.24, 2.45) is 0 Å². The lowest BCUT2D eigenvalue weighted by atomic mass is 10.1. The van der Waals surface area contributed by atoms with E-state index in [-0.39, 0.29) is 0 Å². The van der Waals surface area contributed by atoms with Crippen molar-refractivity contribution in [1.82, 2.24) is 9.55 Å². The molecule has 0 radical (unpaired) electrons. The average Bonchev–Trinajstić information content (AvgIpc) is 2.72. The van der Waals surface area contributed by atoms with E-state index < -0.39 is 52.5 Å². The van der Waals surface area contributed by atoms with Crippen molar-refractivity contribution in [2.45, 2.75) is 24.5 Å². The Bertz CT molecular complexity index is 739. The molecule has 0 unspecified atom stereocenters. The molecule has 1 aromatic heterocycles. The number of nitrogens with one attached hydrogen (secondary N) is 1. The van der Waals surface area contributed by atoms with E-state index in [1.54, 1.807) is 0 Å². The van der Waals surface area contributed by atoms with Gasteiger partial charge in [-0.15, -0.1) is 0 Å². The number of aliphatic hydroxyl groups is 1. The third-order valence-corrected chi connectivity index (χ3v) is 3.72. The SMILES string of the molecule is CO[C@@H]1[C@H](O)[C@@H](COS(C)(=O)=O)O[C@H]1n1ccc(=O)[nH]c1=O. The molecule has 0 spiro atoms. The van der Waals surface area contributed by atoms with E-state index in [2.05, 4.69) is 9.17 Å². The number of hydrogen-bond donors (Lipinski definition) is 2. The molecule has 4 atom stereocenters. The summed E-state index contributed by atoms with van der Waals surface area (Å²) < 4.78 is 38.2. The topological polar surface area (TPSA) is 137 Å². The molecule has 10 nitrogen and oxygen atoms in total. The number of aromatic nitrogens is 2. The maximum Gasteiger partial charge on any atom is 0.330 e. The van der Waals surface area contributed by atoms with Crippen LogP contribution in [-0.2, 0) is 23.8 Å². The van der Waals surface area contributed by atoms with Crippen molar-refractivity contribution >= 4 is 10.1 Å². The summed E-state index contributed by atoms with van der Waals surface area (Å²) in [4.78, 5) is 24.9. The molecule has 11 heteroatoms. The summed E-state index contributed by atoms with van der Waals surface area (Å²) in [7, 11) is -2.40. The second kappa shape index (κ2) is 6.30. The van der Waals surface area contributed by atoms with Crippen LogP contribution in [0.5, 0.6) is 0 Å². The van der Waals surface area contributed by atoms with Crippen molar-refractivity contribution in [2.75, 3.05) is 20.0 Å². The van der Waals surface area contributed by atoms with Crippen LogP contribution >= 0.6 is 0 Å². The Kier molecular flexibility index (Phi) is 4.82. The Morgan fingerprint density at radius 1 is 1.45 bits per heavy atom. The fraction of sp³-hybridized carbons (Fsp3) is 0.636. The second-order valence-corrected chi connectivity index (χ2v) is 6.41. The van der Waals surface area contributed by atoms with Crippen molar-refractivity contribution in [3.05, 3.63) is 33.1 Å². The summed E-state index contributed by atoms with van der Waals surface area (Å²) in [6, 6.07) is 1.12. The molecule has 0 aliphatic carbocycles.